The molecule has 0 saturated carbocycles. The summed E-state index contributed by atoms with van der Waals surface area (Å²) >= 11 is 0. The van der Waals surface area contributed by atoms with Gasteiger partial charge in [0.05, 0.1) is 6.61 Å². The standard InChI is InChI=1S/C13H24O4/c1-6-10(5)13(11(14)15,8-9(3)4)12(16)17-7-2/h9-10H,6-8H2,1-5H3,(H,14,15). The second-order valence-electron chi connectivity index (χ2n) is 4.90. The minimum absolute atomic E-state index is 0.129. The SMILES string of the molecule is CCOC(=O)C(CC(C)C)(C(=O)O)C(C)CC. The van der Waals surface area contributed by atoms with E-state index in [1.807, 2.05) is 20.8 Å². The molecule has 0 aromatic carbocycles. The molecular weight excluding hydrogens is 220 g/mol. The predicted molar refractivity (Wildman–Crippen MR) is 65.6 cm³/mol. The summed E-state index contributed by atoms with van der Waals surface area (Å²) in [6.45, 7) is 9.42. The molecule has 4 heteroatoms. The molecule has 0 spiro atoms. The largest absolute Gasteiger partial charge is 0.480 e. The number of hydrogen-bond acceptors (Lipinski definition) is 3. The highest BCUT2D eigenvalue weighted by Gasteiger charge is 2.51. The Morgan fingerprint density at radius 3 is 2.06 bits per heavy atom. The lowest BCUT2D eigenvalue weighted by molar-refractivity contribution is -0.174. The number of carboxylic acids is 1. The van der Waals surface area contributed by atoms with Gasteiger partial charge in [0.15, 0.2) is 5.41 Å². The van der Waals surface area contributed by atoms with Crippen molar-refractivity contribution in [2.24, 2.45) is 17.3 Å². The van der Waals surface area contributed by atoms with Gasteiger partial charge in [0, 0.05) is 0 Å². The number of ether oxygens (including phenoxy) is 1. The van der Waals surface area contributed by atoms with Crippen molar-refractivity contribution in [3.8, 4) is 0 Å². The number of rotatable bonds is 7. The fraction of sp³-hybridized carbons (Fsp3) is 0.846. The predicted octanol–water partition coefficient (Wildman–Crippen LogP) is 2.71. The molecule has 0 saturated heterocycles. The van der Waals surface area contributed by atoms with E-state index < -0.39 is 17.4 Å². The minimum Gasteiger partial charge on any atom is -0.480 e. The summed E-state index contributed by atoms with van der Waals surface area (Å²) in [5, 5.41) is 9.47. The van der Waals surface area contributed by atoms with Gasteiger partial charge in [0.1, 0.15) is 0 Å². The molecule has 4 nitrogen and oxygen atoms in total. The molecule has 0 amide bonds. The highest BCUT2D eigenvalue weighted by Crippen LogP contribution is 2.38. The topological polar surface area (TPSA) is 63.6 Å². The Morgan fingerprint density at radius 1 is 1.24 bits per heavy atom. The third-order valence-electron chi connectivity index (χ3n) is 3.21. The van der Waals surface area contributed by atoms with Gasteiger partial charge >= 0.3 is 11.9 Å². The van der Waals surface area contributed by atoms with Crippen molar-refractivity contribution in [1.29, 1.82) is 0 Å². The van der Waals surface area contributed by atoms with Crippen LogP contribution in [-0.4, -0.2) is 23.7 Å². The first-order chi connectivity index (χ1) is 7.82. The van der Waals surface area contributed by atoms with Crippen molar-refractivity contribution in [3.63, 3.8) is 0 Å². The van der Waals surface area contributed by atoms with E-state index in [1.165, 1.54) is 0 Å². The third kappa shape index (κ3) is 3.45. The number of carboxylic acid groups (broad SMARTS) is 1. The Morgan fingerprint density at radius 2 is 1.76 bits per heavy atom. The van der Waals surface area contributed by atoms with Crippen LogP contribution in [0.2, 0.25) is 0 Å². The van der Waals surface area contributed by atoms with Gasteiger partial charge < -0.3 is 9.84 Å². The lowest BCUT2D eigenvalue weighted by Gasteiger charge is -2.33. The van der Waals surface area contributed by atoms with E-state index in [1.54, 1.807) is 13.8 Å². The molecule has 0 aromatic heterocycles. The van der Waals surface area contributed by atoms with Gasteiger partial charge in [-0.15, -0.1) is 0 Å². The Balaban J connectivity index is 5.39. The summed E-state index contributed by atoms with van der Waals surface area (Å²) in [4.78, 5) is 23.6. The van der Waals surface area contributed by atoms with Crippen LogP contribution < -0.4 is 0 Å². The van der Waals surface area contributed by atoms with Crippen LogP contribution in [0, 0.1) is 17.3 Å². The highest BCUT2D eigenvalue weighted by molar-refractivity contribution is 5.99. The number of aliphatic carboxylic acids is 1. The smallest absolute Gasteiger partial charge is 0.323 e. The van der Waals surface area contributed by atoms with Crippen LogP contribution >= 0.6 is 0 Å². The lowest BCUT2D eigenvalue weighted by Crippen LogP contribution is -2.46. The fourth-order valence-corrected chi connectivity index (χ4v) is 2.12. The zero-order valence-corrected chi connectivity index (χ0v) is 11.4. The quantitative estimate of drug-likeness (QED) is 0.552. The summed E-state index contributed by atoms with van der Waals surface area (Å²) in [6.07, 6.45) is 0.952. The van der Waals surface area contributed by atoms with Crippen molar-refractivity contribution < 1.29 is 19.4 Å². The van der Waals surface area contributed by atoms with E-state index >= 15 is 0 Å². The molecule has 2 unspecified atom stereocenters. The molecule has 0 rings (SSSR count). The molecule has 1 N–H and O–H groups in total. The van der Waals surface area contributed by atoms with Gasteiger partial charge in [-0.05, 0) is 25.2 Å². The van der Waals surface area contributed by atoms with Crippen LogP contribution in [0.25, 0.3) is 0 Å². The van der Waals surface area contributed by atoms with Gasteiger partial charge in [-0.1, -0.05) is 34.1 Å². The Hall–Kier alpha value is -1.06. The van der Waals surface area contributed by atoms with Crippen molar-refractivity contribution >= 4 is 11.9 Å². The number of carbonyl (C=O) groups excluding carboxylic acids is 1. The van der Waals surface area contributed by atoms with Crippen molar-refractivity contribution in [1.82, 2.24) is 0 Å². The maximum absolute atomic E-state index is 12.0. The Labute approximate surface area is 103 Å². The summed E-state index contributed by atoms with van der Waals surface area (Å²) in [5.74, 6) is -1.78. The molecular formula is C13H24O4. The van der Waals surface area contributed by atoms with E-state index in [0.29, 0.717) is 12.8 Å². The summed E-state index contributed by atoms with van der Waals surface area (Å²) < 4.78 is 4.97. The zero-order chi connectivity index (χ0) is 13.6. The molecule has 0 bridgehead atoms. The third-order valence-corrected chi connectivity index (χ3v) is 3.21. The first-order valence-corrected chi connectivity index (χ1v) is 6.23. The molecule has 0 aliphatic rings. The Bertz CT molecular complexity index is 273. The van der Waals surface area contributed by atoms with E-state index in [0.717, 1.165) is 0 Å². The molecule has 17 heavy (non-hydrogen) atoms. The highest BCUT2D eigenvalue weighted by atomic mass is 16.5. The zero-order valence-electron chi connectivity index (χ0n) is 11.4. The van der Waals surface area contributed by atoms with Gasteiger partial charge in [-0.25, -0.2) is 0 Å². The average molecular weight is 244 g/mol. The van der Waals surface area contributed by atoms with Crippen LogP contribution in [0.1, 0.15) is 47.5 Å². The molecule has 0 aliphatic carbocycles. The van der Waals surface area contributed by atoms with Crippen molar-refractivity contribution in [2.75, 3.05) is 6.61 Å². The van der Waals surface area contributed by atoms with Crippen molar-refractivity contribution in [2.45, 2.75) is 47.5 Å². The first-order valence-electron chi connectivity index (χ1n) is 6.23. The van der Waals surface area contributed by atoms with Crippen molar-refractivity contribution in [3.05, 3.63) is 0 Å². The molecule has 0 radical (unpaired) electrons. The maximum Gasteiger partial charge on any atom is 0.323 e. The molecule has 100 valence electrons. The number of hydrogen-bond donors (Lipinski definition) is 1. The first kappa shape index (κ1) is 15.9. The van der Waals surface area contributed by atoms with Crippen LogP contribution in [0.15, 0.2) is 0 Å². The Kier molecular flexibility index (Phi) is 6.21. The average Bonchev–Trinajstić information content (AvgIpc) is 2.24. The molecule has 0 heterocycles. The van der Waals surface area contributed by atoms with Gasteiger partial charge in [-0.3, -0.25) is 9.59 Å². The van der Waals surface area contributed by atoms with Crippen LogP contribution in [0.5, 0.6) is 0 Å². The lowest BCUT2D eigenvalue weighted by atomic mass is 9.70. The van der Waals surface area contributed by atoms with E-state index in [-0.39, 0.29) is 18.4 Å². The van der Waals surface area contributed by atoms with E-state index in [9.17, 15) is 14.7 Å². The van der Waals surface area contributed by atoms with E-state index in [2.05, 4.69) is 0 Å². The summed E-state index contributed by atoms with van der Waals surface area (Å²) in [7, 11) is 0. The second-order valence-corrected chi connectivity index (χ2v) is 4.90. The number of carbonyl (C=O) groups is 2. The van der Waals surface area contributed by atoms with Crippen LogP contribution in [-0.2, 0) is 14.3 Å². The molecule has 0 aromatic rings. The fourth-order valence-electron chi connectivity index (χ4n) is 2.12. The summed E-state index contributed by atoms with van der Waals surface area (Å²) in [6, 6.07) is 0. The second kappa shape index (κ2) is 6.62. The van der Waals surface area contributed by atoms with Crippen LogP contribution in [0.4, 0.5) is 0 Å². The van der Waals surface area contributed by atoms with E-state index in [4.69, 9.17) is 4.74 Å². The molecule has 0 fully saturated rings. The van der Waals surface area contributed by atoms with Gasteiger partial charge in [0.25, 0.3) is 0 Å². The molecule has 0 aliphatic heterocycles. The minimum atomic E-state index is -1.40. The van der Waals surface area contributed by atoms with Gasteiger partial charge in [-0.2, -0.15) is 0 Å². The normalized spacial score (nSPS) is 16.4. The summed E-state index contributed by atoms with van der Waals surface area (Å²) in [5.41, 5.74) is -1.40. The van der Waals surface area contributed by atoms with Gasteiger partial charge in [0.2, 0.25) is 0 Å². The number of esters is 1. The monoisotopic (exact) mass is 244 g/mol. The van der Waals surface area contributed by atoms with Crippen LogP contribution in [0.3, 0.4) is 0 Å². The maximum atomic E-state index is 12.0. The molecule has 2 atom stereocenters.